The normalized spacial score (nSPS) is 20.6. The lowest BCUT2D eigenvalue weighted by atomic mass is 10.2. The first kappa shape index (κ1) is 17.7. The molecule has 1 saturated heterocycles. The van der Waals surface area contributed by atoms with E-state index in [2.05, 4.69) is 19.2 Å². The average Bonchev–Trinajstić information content (AvgIpc) is 2.29. The van der Waals surface area contributed by atoms with E-state index in [9.17, 15) is 18.3 Å². The van der Waals surface area contributed by atoms with Crippen molar-refractivity contribution in [1.29, 1.82) is 0 Å². The van der Waals surface area contributed by atoms with E-state index in [4.69, 9.17) is 0 Å². The molecule has 1 fully saturated rings. The van der Waals surface area contributed by atoms with Gasteiger partial charge in [0.2, 0.25) is 0 Å². The topological polar surface area (TPSA) is 38.7 Å². The van der Waals surface area contributed by atoms with Crippen molar-refractivity contribution in [3.63, 3.8) is 0 Å². The SMILES string of the molecule is CC(C)CNCC(O)CN1CCN(CC(F)(F)F)CC1. The molecule has 0 spiro atoms. The molecular formula is C13H26F3N3O. The molecule has 20 heavy (non-hydrogen) atoms. The van der Waals surface area contributed by atoms with Gasteiger partial charge in [-0.05, 0) is 12.5 Å². The molecular weight excluding hydrogens is 271 g/mol. The molecule has 1 aliphatic rings. The Balaban J connectivity index is 2.15. The number of halogens is 3. The van der Waals surface area contributed by atoms with Crippen LogP contribution >= 0.6 is 0 Å². The molecule has 0 bridgehead atoms. The summed E-state index contributed by atoms with van der Waals surface area (Å²) in [5.41, 5.74) is 0. The largest absolute Gasteiger partial charge is 0.401 e. The van der Waals surface area contributed by atoms with Crippen LogP contribution in [-0.4, -0.2) is 79.5 Å². The molecule has 1 heterocycles. The fourth-order valence-electron chi connectivity index (χ4n) is 2.28. The highest BCUT2D eigenvalue weighted by Gasteiger charge is 2.32. The highest BCUT2D eigenvalue weighted by molar-refractivity contribution is 4.76. The summed E-state index contributed by atoms with van der Waals surface area (Å²) in [4.78, 5) is 3.44. The number of piperazine rings is 1. The minimum atomic E-state index is -4.12. The Morgan fingerprint density at radius 2 is 1.60 bits per heavy atom. The molecule has 0 aromatic rings. The minimum absolute atomic E-state index is 0.408. The highest BCUT2D eigenvalue weighted by atomic mass is 19.4. The number of hydrogen-bond donors (Lipinski definition) is 2. The molecule has 0 aromatic heterocycles. The van der Waals surface area contributed by atoms with E-state index in [-0.39, 0.29) is 0 Å². The number of aliphatic hydroxyl groups is 1. The van der Waals surface area contributed by atoms with E-state index >= 15 is 0 Å². The van der Waals surface area contributed by atoms with E-state index in [0.29, 0.717) is 45.2 Å². The summed E-state index contributed by atoms with van der Waals surface area (Å²) in [6.07, 6.45) is -4.59. The van der Waals surface area contributed by atoms with E-state index < -0.39 is 18.8 Å². The number of hydrogen-bond acceptors (Lipinski definition) is 4. The quantitative estimate of drug-likeness (QED) is 0.728. The Morgan fingerprint density at radius 3 is 2.10 bits per heavy atom. The monoisotopic (exact) mass is 297 g/mol. The molecule has 1 aliphatic heterocycles. The van der Waals surface area contributed by atoms with Crippen LogP contribution in [0.1, 0.15) is 13.8 Å². The van der Waals surface area contributed by atoms with Crippen LogP contribution in [0.2, 0.25) is 0 Å². The number of nitrogens with zero attached hydrogens (tertiary/aromatic N) is 2. The maximum Gasteiger partial charge on any atom is 0.401 e. The van der Waals surface area contributed by atoms with Gasteiger partial charge in [-0.2, -0.15) is 13.2 Å². The number of β-amino-alcohol motifs (C(OH)–C–C–N with tert-alkyl or cyclic N) is 1. The van der Waals surface area contributed by atoms with E-state index in [0.717, 1.165) is 6.54 Å². The molecule has 1 unspecified atom stereocenters. The lowest BCUT2D eigenvalue weighted by Gasteiger charge is -2.35. The first-order valence-electron chi connectivity index (χ1n) is 7.16. The Morgan fingerprint density at radius 1 is 1.05 bits per heavy atom. The van der Waals surface area contributed by atoms with Gasteiger partial charge in [-0.3, -0.25) is 9.80 Å². The van der Waals surface area contributed by atoms with Crippen molar-refractivity contribution in [3.05, 3.63) is 0 Å². The molecule has 4 nitrogen and oxygen atoms in total. The third kappa shape index (κ3) is 8.04. The van der Waals surface area contributed by atoms with Gasteiger partial charge in [-0.15, -0.1) is 0 Å². The second-order valence-electron chi connectivity index (χ2n) is 5.90. The van der Waals surface area contributed by atoms with Crippen LogP contribution in [-0.2, 0) is 0 Å². The van der Waals surface area contributed by atoms with Gasteiger partial charge in [-0.25, -0.2) is 0 Å². The maximum atomic E-state index is 12.2. The number of nitrogens with one attached hydrogen (secondary N) is 1. The van der Waals surface area contributed by atoms with Crippen molar-refractivity contribution in [2.24, 2.45) is 5.92 Å². The third-order valence-electron chi connectivity index (χ3n) is 3.27. The van der Waals surface area contributed by atoms with Crippen LogP contribution in [0.3, 0.4) is 0 Å². The lowest BCUT2D eigenvalue weighted by molar-refractivity contribution is -0.149. The van der Waals surface area contributed by atoms with Crippen LogP contribution in [0, 0.1) is 5.92 Å². The van der Waals surface area contributed by atoms with Crippen molar-refractivity contribution in [1.82, 2.24) is 15.1 Å². The van der Waals surface area contributed by atoms with Gasteiger partial charge in [-0.1, -0.05) is 13.8 Å². The number of rotatable bonds is 7. The standard InChI is InChI=1S/C13H26F3N3O/c1-11(2)7-17-8-12(20)9-18-3-5-19(6-4-18)10-13(14,15)16/h11-12,17,20H,3-10H2,1-2H3. The van der Waals surface area contributed by atoms with Gasteiger partial charge < -0.3 is 10.4 Å². The van der Waals surface area contributed by atoms with Gasteiger partial charge in [0, 0.05) is 39.3 Å². The molecule has 0 aromatic carbocycles. The Bertz CT molecular complexity index is 266. The molecule has 0 saturated carbocycles. The Labute approximate surface area is 118 Å². The Kier molecular flexibility index (Phi) is 7.22. The van der Waals surface area contributed by atoms with Crippen LogP contribution in [0.15, 0.2) is 0 Å². The van der Waals surface area contributed by atoms with Gasteiger partial charge in [0.05, 0.1) is 12.6 Å². The first-order chi connectivity index (χ1) is 9.26. The van der Waals surface area contributed by atoms with Gasteiger partial charge >= 0.3 is 6.18 Å². The number of aliphatic hydroxyl groups excluding tert-OH is 1. The van der Waals surface area contributed by atoms with Crippen molar-refractivity contribution >= 4 is 0 Å². The van der Waals surface area contributed by atoms with E-state index in [1.807, 2.05) is 4.90 Å². The lowest BCUT2D eigenvalue weighted by Crippen LogP contribution is -2.51. The zero-order valence-corrected chi connectivity index (χ0v) is 12.3. The summed E-state index contributed by atoms with van der Waals surface area (Å²) in [5.74, 6) is 0.535. The molecule has 2 N–H and O–H groups in total. The van der Waals surface area contributed by atoms with Crippen molar-refractivity contribution in [3.8, 4) is 0 Å². The maximum absolute atomic E-state index is 12.2. The molecule has 120 valence electrons. The van der Waals surface area contributed by atoms with Crippen molar-refractivity contribution in [2.75, 3.05) is 52.4 Å². The third-order valence-corrected chi connectivity index (χ3v) is 3.27. The Hall–Kier alpha value is -0.370. The highest BCUT2D eigenvalue weighted by Crippen LogP contribution is 2.17. The second-order valence-corrected chi connectivity index (χ2v) is 5.90. The van der Waals surface area contributed by atoms with Gasteiger partial charge in [0.1, 0.15) is 0 Å². The molecule has 0 radical (unpaired) electrons. The van der Waals surface area contributed by atoms with Gasteiger partial charge in [0.15, 0.2) is 0 Å². The fourth-order valence-corrected chi connectivity index (χ4v) is 2.28. The zero-order valence-electron chi connectivity index (χ0n) is 12.3. The number of alkyl halides is 3. The van der Waals surface area contributed by atoms with Crippen LogP contribution in [0.4, 0.5) is 13.2 Å². The van der Waals surface area contributed by atoms with E-state index in [1.54, 1.807) is 0 Å². The van der Waals surface area contributed by atoms with E-state index in [1.165, 1.54) is 4.90 Å². The fraction of sp³-hybridized carbons (Fsp3) is 1.00. The summed E-state index contributed by atoms with van der Waals surface area (Å²) < 4.78 is 36.7. The van der Waals surface area contributed by atoms with Crippen LogP contribution < -0.4 is 5.32 Å². The molecule has 1 atom stereocenters. The average molecular weight is 297 g/mol. The predicted molar refractivity (Wildman–Crippen MR) is 72.6 cm³/mol. The van der Waals surface area contributed by atoms with Crippen LogP contribution in [0.5, 0.6) is 0 Å². The smallest absolute Gasteiger partial charge is 0.390 e. The molecule has 7 heteroatoms. The van der Waals surface area contributed by atoms with Gasteiger partial charge in [0.25, 0.3) is 0 Å². The summed E-state index contributed by atoms with van der Waals surface area (Å²) >= 11 is 0. The molecule has 0 amide bonds. The first-order valence-corrected chi connectivity index (χ1v) is 7.16. The summed E-state index contributed by atoms with van der Waals surface area (Å²) in [6, 6.07) is 0. The second kappa shape index (κ2) is 8.17. The summed E-state index contributed by atoms with van der Waals surface area (Å²) in [5, 5.41) is 13.0. The van der Waals surface area contributed by atoms with Crippen LogP contribution in [0.25, 0.3) is 0 Å². The van der Waals surface area contributed by atoms with Crippen molar-refractivity contribution < 1.29 is 18.3 Å². The minimum Gasteiger partial charge on any atom is -0.390 e. The zero-order chi connectivity index (χ0) is 15.2. The van der Waals surface area contributed by atoms with Crippen molar-refractivity contribution in [2.45, 2.75) is 26.1 Å². The summed E-state index contributed by atoms with van der Waals surface area (Å²) in [6.45, 7) is 7.24. The predicted octanol–water partition coefficient (Wildman–Crippen LogP) is 0.773. The molecule has 0 aliphatic carbocycles. The summed E-state index contributed by atoms with van der Waals surface area (Å²) in [7, 11) is 0. The molecule has 1 rings (SSSR count).